The molecule has 2 N–H and O–H groups in total. The van der Waals surface area contributed by atoms with Crippen molar-refractivity contribution in [3.05, 3.63) is 29.8 Å². The van der Waals surface area contributed by atoms with Crippen LogP contribution < -0.4 is 5.32 Å². The average molecular weight is 293 g/mol. The molecular formula is C13H18F3NOS. The summed E-state index contributed by atoms with van der Waals surface area (Å²) in [7, 11) is 0. The molecule has 108 valence electrons. The lowest BCUT2D eigenvalue weighted by molar-refractivity contribution is -0.105. The molecule has 0 spiro atoms. The van der Waals surface area contributed by atoms with Crippen molar-refractivity contribution >= 4 is 11.8 Å². The summed E-state index contributed by atoms with van der Waals surface area (Å²) < 4.78 is 36.2. The van der Waals surface area contributed by atoms with Gasteiger partial charge in [-0.25, -0.2) is 0 Å². The maximum absolute atomic E-state index is 12.1. The van der Waals surface area contributed by atoms with E-state index in [2.05, 4.69) is 5.32 Å². The summed E-state index contributed by atoms with van der Waals surface area (Å²) >= 11 is 0.791. The Hall–Kier alpha value is -0.720. The summed E-state index contributed by atoms with van der Waals surface area (Å²) in [5.74, 6) is -0.864. The first kappa shape index (κ1) is 16.3. The third-order valence-corrected chi connectivity index (χ3v) is 3.65. The molecule has 0 saturated heterocycles. The van der Waals surface area contributed by atoms with Crippen molar-refractivity contribution in [2.45, 2.75) is 30.5 Å². The minimum absolute atomic E-state index is 0.119. The summed E-state index contributed by atoms with van der Waals surface area (Å²) in [5, 5.41) is 11.9. The summed E-state index contributed by atoms with van der Waals surface area (Å²) in [6.07, 6.45) is -3.45. The summed E-state index contributed by atoms with van der Waals surface area (Å²) in [5.41, 5.74) is 1.02. The molecule has 19 heavy (non-hydrogen) atoms. The van der Waals surface area contributed by atoms with Gasteiger partial charge in [0.25, 0.3) is 0 Å². The fourth-order valence-corrected chi connectivity index (χ4v) is 2.19. The topological polar surface area (TPSA) is 32.3 Å². The van der Waals surface area contributed by atoms with Gasteiger partial charge in [-0.1, -0.05) is 12.1 Å². The molecule has 1 aromatic carbocycles. The van der Waals surface area contributed by atoms with Crippen LogP contribution in [-0.4, -0.2) is 30.2 Å². The minimum atomic E-state index is -4.14. The molecule has 1 aromatic rings. The van der Waals surface area contributed by atoms with Crippen molar-refractivity contribution in [1.29, 1.82) is 0 Å². The Morgan fingerprint density at radius 1 is 1.26 bits per heavy atom. The summed E-state index contributed by atoms with van der Waals surface area (Å²) in [6.45, 7) is 2.84. The van der Waals surface area contributed by atoms with Crippen molar-refractivity contribution in [3.8, 4) is 0 Å². The molecule has 2 nitrogen and oxygen atoms in total. The standard InChI is InChI=1S/C13H18F3NOS/c1-10(17-7-2-8-18)11-3-5-12(6-4-11)19-9-13(14,15)16/h3-6,10,17-18H,2,7-9H2,1H3. The molecule has 1 unspecified atom stereocenters. The lowest BCUT2D eigenvalue weighted by Crippen LogP contribution is -2.20. The molecule has 0 amide bonds. The van der Waals surface area contributed by atoms with E-state index in [9.17, 15) is 13.2 Å². The zero-order valence-corrected chi connectivity index (χ0v) is 11.5. The largest absolute Gasteiger partial charge is 0.398 e. The number of hydrogen-bond acceptors (Lipinski definition) is 3. The first-order valence-corrected chi connectivity index (χ1v) is 7.04. The predicted octanol–water partition coefficient (Wildman–Crippen LogP) is 3.37. The van der Waals surface area contributed by atoms with E-state index in [1.54, 1.807) is 12.1 Å². The van der Waals surface area contributed by atoms with E-state index >= 15 is 0 Å². The van der Waals surface area contributed by atoms with Crippen LogP contribution in [0, 0.1) is 0 Å². The SMILES string of the molecule is CC(NCCCO)c1ccc(SCC(F)(F)F)cc1. The fourth-order valence-electron chi connectivity index (χ4n) is 1.53. The van der Waals surface area contributed by atoms with Gasteiger partial charge in [-0.2, -0.15) is 13.2 Å². The second-order valence-electron chi connectivity index (χ2n) is 4.23. The maximum atomic E-state index is 12.1. The zero-order chi connectivity index (χ0) is 14.3. The van der Waals surface area contributed by atoms with Crippen LogP contribution in [0.1, 0.15) is 24.9 Å². The molecule has 0 aliphatic rings. The number of hydrogen-bond donors (Lipinski definition) is 2. The van der Waals surface area contributed by atoms with Crippen LogP contribution in [0.25, 0.3) is 0 Å². The highest BCUT2D eigenvalue weighted by Gasteiger charge is 2.27. The molecule has 0 saturated carbocycles. The van der Waals surface area contributed by atoms with Crippen LogP contribution in [0.2, 0.25) is 0 Å². The fraction of sp³-hybridized carbons (Fsp3) is 0.538. The first-order valence-electron chi connectivity index (χ1n) is 6.06. The lowest BCUT2D eigenvalue weighted by atomic mass is 10.1. The van der Waals surface area contributed by atoms with Crippen LogP contribution >= 0.6 is 11.8 Å². The Bertz CT molecular complexity index is 367. The van der Waals surface area contributed by atoms with Crippen LogP contribution in [0.3, 0.4) is 0 Å². The lowest BCUT2D eigenvalue weighted by Gasteiger charge is -2.14. The Labute approximate surface area is 115 Å². The van der Waals surface area contributed by atoms with Gasteiger partial charge in [-0.05, 0) is 37.6 Å². The van der Waals surface area contributed by atoms with E-state index in [1.165, 1.54) is 0 Å². The number of thioether (sulfide) groups is 1. The van der Waals surface area contributed by atoms with Gasteiger partial charge in [0.2, 0.25) is 0 Å². The number of rotatable bonds is 7. The Kier molecular flexibility index (Phi) is 6.68. The molecule has 0 bridgehead atoms. The first-order chi connectivity index (χ1) is 8.92. The average Bonchev–Trinajstić information content (AvgIpc) is 2.36. The Morgan fingerprint density at radius 2 is 1.89 bits per heavy atom. The number of halogens is 3. The predicted molar refractivity (Wildman–Crippen MR) is 71.3 cm³/mol. The molecule has 0 aliphatic carbocycles. The third kappa shape index (κ3) is 6.84. The number of aliphatic hydroxyl groups excluding tert-OH is 1. The normalized spacial score (nSPS) is 13.5. The third-order valence-electron chi connectivity index (χ3n) is 2.57. The van der Waals surface area contributed by atoms with Crippen LogP contribution in [0.15, 0.2) is 29.2 Å². The molecule has 6 heteroatoms. The van der Waals surface area contributed by atoms with E-state index in [0.29, 0.717) is 17.9 Å². The smallest absolute Gasteiger partial charge is 0.396 e. The summed E-state index contributed by atoms with van der Waals surface area (Å²) in [6, 6.07) is 7.18. The van der Waals surface area contributed by atoms with Crippen LogP contribution in [0.5, 0.6) is 0 Å². The van der Waals surface area contributed by atoms with E-state index in [4.69, 9.17) is 5.11 Å². The van der Waals surface area contributed by atoms with E-state index < -0.39 is 11.9 Å². The van der Waals surface area contributed by atoms with Crippen molar-refractivity contribution in [1.82, 2.24) is 5.32 Å². The molecule has 1 rings (SSSR count). The van der Waals surface area contributed by atoms with Crippen molar-refractivity contribution in [2.24, 2.45) is 0 Å². The summed E-state index contributed by atoms with van der Waals surface area (Å²) in [4.78, 5) is 0.614. The van der Waals surface area contributed by atoms with E-state index in [-0.39, 0.29) is 12.6 Å². The van der Waals surface area contributed by atoms with Crippen molar-refractivity contribution < 1.29 is 18.3 Å². The van der Waals surface area contributed by atoms with Gasteiger partial charge < -0.3 is 10.4 Å². The quantitative estimate of drug-likeness (QED) is 0.597. The van der Waals surface area contributed by atoms with E-state index in [0.717, 1.165) is 17.3 Å². The maximum Gasteiger partial charge on any atom is 0.398 e. The van der Waals surface area contributed by atoms with Gasteiger partial charge in [0, 0.05) is 17.5 Å². The number of benzene rings is 1. The minimum Gasteiger partial charge on any atom is -0.396 e. The van der Waals surface area contributed by atoms with Crippen LogP contribution in [0.4, 0.5) is 13.2 Å². The highest BCUT2D eigenvalue weighted by Crippen LogP contribution is 2.27. The highest BCUT2D eigenvalue weighted by molar-refractivity contribution is 7.99. The molecule has 1 atom stereocenters. The van der Waals surface area contributed by atoms with Gasteiger partial charge in [0.15, 0.2) is 0 Å². The van der Waals surface area contributed by atoms with Crippen LogP contribution in [-0.2, 0) is 0 Å². The number of nitrogens with one attached hydrogen (secondary N) is 1. The van der Waals surface area contributed by atoms with Gasteiger partial charge in [-0.3, -0.25) is 0 Å². The van der Waals surface area contributed by atoms with Gasteiger partial charge in [0.1, 0.15) is 0 Å². The van der Waals surface area contributed by atoms with Gasteiger partial charge >= 0.3 is 6.18 Å². The molecule has 0 aromatic heterocycles. The molecule has 0 radical (unpaired) electrons. The van der Waals surface area contributed by atoms with Crippen molar-refractivity contribution in [3.63, 3.8) is 0 Å². The monoisotopic (exact) mass is 293 g/mol. The van der Waals surface area contributed by atoms with Crippen molar-refractivity contribution in [2.75, 3.05) is 18.9 Å². The molecule has 0 aliphatic heterocycles. The number of alkyl halides is 3. The zero-order valence-electron chi connectivity index (χ0n) is 10.7. The molecule has 0 heterocycles. The second kappa shape index (κ2) is 7.77. The molecule has 0 fully saturated rings. The van der Waals surface area contributed by atoms with E-state index in [1.807, 2.05) is 19.1 Å². The number of aliphatic hydroxyl groups is 1. The highest BCUT2D eigenvalue weighted by atomic mass is 32.2. The van der Waals surface area contributed by atoms with Gasteiger partial charge in [0.05, 0.1) is 5.75 Å². The Balaban J connectivity index is 2.46. The Morgan fingerprint density at radius 3 is 2.42 bits per heavy atom. The molecular weight excluding hydrogens is 275 g/mol. The van der Waals surface area contributed by atoms with Gasteiger partial charge in [-0.15, -0.1) is 11.8 Å². The second-order valence-corrected chi connectivity index (χ2v) is 5.27.